The SMILES string of the molecule is CCCCCCCCCCCCCCCCCCCC=CC(O)C(CO)NC(=O)C=CCCCCCCCCCCCCCCCCCO. The van der Waals surface area contributed by atoms with E-state index >= 15 is 0 Å². The van der Waals surface area contributed by atoms with Crippen LogP contribution in [0.5, 0.6) is 0 Å². The molecule has 0 bridgehead atoms. The van der Waals surface area contributed by atoms with Gasteiger partial charge in [-0.2, -0.15) is 0 Å². The minimum absolute atomic E-state index is 0.249. The highest BCUT2D eigenvalue weighted by molar-refractivity contribution is 5.87. The highest BCUT2D eigenvalue weighted by Gasteiger charge is 2.17. The minimum Gasteiger partial charge on any atom is -0.396 e. The van der Waals surface area contributed by atoms with E-state index in [1.54, 1.807) is 12.2 Å². The zero-order chi connectivity index (χ0) is 35.7. The monoisotopic (exact) mass is 692 g/mol. The van der Waals surface area contributed by atoms with Gasteiger partial charge in [-0.25, -0.2) is 0 Å². The summed E-state index contributed by atoms with van der Waals surface area (Å²) in [6.45, 7) is 2.34. The van der Waals surface area contributed by atoms with Crippen LogP contribution in [-0.2, 0) is 4.79 Å². The van der Waals surface area contributed by atoms with Crippen molar-refractivity contribution in [1.29, 1.82) is 0 Å². The number of hydrogen-bond acceptors (Lipinski definition) is 4. The summed E-state index contributed by atoms with van der Waals surface area (Å²) in [7, 11) is 0. The molecule has 2 atom stereocenters. The van der Waals surface area contributed by atoms with Crippen LogP contribution >= 0.6 is 0 Å². The molecule has 0 heterocycles. The van der Waals surface area contributed by atoms with Gasteiger partial charge in [0.15, 0.2) is 0 Å². The van der Waals surface area contributed by atoms with Gasteiger partial charge in [0.1, 0.15) is 0 Å². The predicted octanol–water partition coefficient (Wildman–Crippen LogP) is 12.2. The Bertz CT molecular complexity index is 709. The van der Waals surface area contributed by atoms with Crippen molar-refractivity contribution in [2.24, 2.45) is 0 Å². The van der Waals surface area contributed by atoms with Gasteiger partial charge in [0.2, 0.25) is 5.91 Å². The lowest BCUT2D eigenvalue weighted by molar-refractivity contribution is -0.118. The number of aliphatic hydroxyl groups excluding tert-OH is 3. The summed E-state index contributed by atoms with van der Waals surface area (Å²) in [5, 5.41) is 31.7. The zero-order valence-electron chi connectivity index (χ0n) is 32.7. The summed E-state index contributed by atoms with van der Waals surface area (Å²) >= 11 is 0. The predicted molar refractivity (Wildman–Crippen MR) is 213 cm³/mol. The summed E-state index contributed by atoms with van der Waals surface area (Å²) in [5.74, 6) is -0.249. The number of carbonyl (C=O) groups is 1. The molecule has 0 rings (SSSR count). The summed E-state index contributed by atoms with van der Waals surface area (Å²) < 4.78 is 0. The third-order valence-electron chi connectivity index (χ3n) is 10.0. The van der Waals surface area contributed by atoms with Gasteiger partial charge in [-0.05, 0) is 38.2 Å². The Kier molecular flexibility index (Phi) is 40.3. The lowest BCUT2D eigenvalue weighted by atomic mass is 10.0. The third kappa shape index (κ3) is 37.9. The molecule has 49 heavy (non-hydrogen) atoms. The van der Waals surface area contributed by atoms with Gasteiger partial charge in [0.25, 0.3) is 0 Å². The first kappa shape index (κ1) is 47.8. The number of carbonyl (C=O) groups excluding carboxylic acids is 1. The van der Waals surface area contributed by atoms with Gasteiger partial charge in [-0.15, -0.1) is 0 Å². The molecule has 0 aliphatic heterocycles. The van der Waals surface area contributed by atoms with Crippen molar-refractivity contribution in [3.05, 3.63) is 24.3 Å². The summed E-state index contributed by atoms with van der Waals surface area (Å²) in [6, 6.07) is -0.675. The van der Waals surface area contributed by atoms with Crippen LogP contribution in [0.1, 0.15) is 225 Å². The van der Waals surface area contributed by atoms with Gasteiger partial charge < -0.3 is 20.6 Å². The Labute approximate surface area is 305 Å². The summed E-state index contributed by atoms with van der Waals surface area (Å²) in [5.41, 5.74) is 0. The third-order valence-corrected chi connectivity index (χ3v) is 10.0. The van der Waals surface area contributed by atoms with E-state index in [1.807, 2.05) is 12.2 Å². The van der Waals surface area contributed by atoms with Crippen LogP contribution in [0.4, 0.5) is 0 Å². The van der Waals surface area contributed by atoms with Gasteiger partial charge in [0.05, 0.1) is 18.8 Å². The average molecular weight is 692 g/mol. The second-order valence-electron chi connectivity index (χ2n) is 14.9. The number of rotatable bonds is 40. The highest BCUT2D eigenvalue weighted by atomic mass is 16.3. The fraction of sp³-hybridized carbons (Fsp3) is 0.886. The van der Waals surface area contributed by atoms with Crippen molar-refractivity contribution in [2.45, 2.75) is 237 Å². The van der Waals surface area contributed by atoms with Crippen LogP contribution in [0.15, 0.2) is 24.3 Å². The highest BCUT2D eigenvalue weighted by Crippen LogP contribution is 2.16. The first-order chi connectivity index (χ1) is 24.2. The lowest BCUT2D eigenvalue weighted by Gasteiger charge is -2.18. The fourth-order valence-electron chi connectivity index (χ4n) is 6.69. The van der Waals surface area contributed by atoms with E-state index < -0.39 is 12.1 Å². The number of amides is 1. The first-order valence-electron chi connectivity index (χ1n) is 21.7. The number of unbranched alkanes of at least 4 members (excludes halogenated alkanes) is 32. The van der Waals surface area contributed by atoms with E-state index in [2.05, 4.69) is 12.2 Å². The number of allylic oxidation sites excluding steroid dienone is 2. The van der Waals surface area contributed by atoms with E-state index in [0.29, 0.717) is 6.61 Å². The second-order valence-corrected chi connectivity index (χ2v) is 14.9. The van der Waals surface area contributed by atoms with E-state index in [1.165, 1.54) is 186 Å². The molecular formula is C44H85NO4. The molecule has 0 aliphatic rings. The molecule has 0 fully saturated rings. The standard InChI is InChI=1S/C44H85NO4/c1-2-3-4-5-6-7-8-9-10-11-12-14-17-20-23-26-29-32-35-38-43(48)42(41-47)45-44(49)39-36-33-30-27-24-21-18-15-13-16-19-22-25-28-31-34-37-40-46/h35-36,38-39,42-43,46-48H,2-34,37,40-41H2,1H3,(H,45,49). The maximum absolute atomic E-state index is 12.3. The maximum Gasteiger partial charge on any atom is 0.244 e. The fourth-order valence-corrected chi connectivity index (χ4v) is 6.69. The molecule has 4 N–H and O–H groups in total. The Hall–Kier alpha value is -1.17. The van der Waals surface area contributed by atoms with E-state index in [4.69, 9.17) is 5.11 Å². The van der Waals surface area contributed by atoms with Crippen molar-refractivity contribution < 1.29 is 20.1 Å². The van der Waals surface area contributed by atoms with Crippen molar-refractivity contribution in [3.8, 4) is 0 Å². The van der Waals surface area contributed by atoms with Gasteiger partial charge in [-0.1, -0.05) is 211 Å². The van der Waals surface area contributed by atoms with Crippen molar-refractivity contribution in [3.63, 3.8) is 0 Å². The Morgan fingerprint density at radius 3 is 1.16 bits per heavy atom. The molecule has 0 saturated carbocycles. The van der Waals surface area contributed by atoms with Crippen molar-refractivity contribution in [1.82, 2.24) is 5.32 Å². The topological polar surface area (TPSA) is 89.8 Å². The molecule has 2 unspecified atom stereocenters. The quantitative estimate of drug-likeness (QED) is 0.0292. The molecule has 0 aromatic carbocycles. The Balaban J connectivity index is 3.59. The second kappa shape index (κ2) is 41.3. The molecule has 0 spiro atoms. The Morgan fingerprint density at radius 2 is 0.816 bits per heavy atom. The molecule has 0 aromatic rings. The number of nitrogens with one attached hydrogen (secondary N) is 1. The van der Waals surface area contributed by atoms with Crippen molar-refractivity contribution in [2.75, 3.05) is 13.2 Å². The zero-order valence-corrected chi connectivity index (χ0v) is 32.7. The molecule has 5 nitrogen and oxygen atoms in total. The van der Waals surface area contributed by atoms with Crippen LogP contribution in [0.3, 0.4) is 0 Å². The average Bonchev–Trinajstić information content (AvgIpc) is 3.10. The molecule has 0 aromatic heterocycles. The maximum atomic E-state index is 12.3. The van der Waals surface area contributed by atoms with Crippen molar-refractivity contribution >= 4 is 5.91 Å². The van der Waals surface area contributed by atoms with Crippen LogP contribution in [0.2, 0.25) is 0 Å². The van der Waals surface area contributed by atoms with Crippen LogP contribution < -0.4 is 5.32 Å². The molecule has 290 valence electrons. The summed E-state index contributed by atoms with van der Waals surface area (Å²) in [4.78, 5) is 12.3. The van der Waals surface area contributed by atoms with Crippen LogP contribution in [0, 0.1) is 0 Å². The van der Waals surface area contributed by atoms with Crippen LogP contribution in [-0.4, -0.2) is 46.6 Å². The molecule has 5 heteroatoms. The normalized spacial score (nSPS) is 13.1. The molecule has 1 amide bonds. The van der Waals surface area contributed by atoms with Gasteiger partial charge >= 0.3 is 0 Å². The first-order valence-corrected chi connectivity index (χ1v) is 21.7. The molecule has 0 radical (unpaired) electrons. The van der Waals surface area contributed by atoms with E-state index in [9.17, 15) is 15.0 Å². The van der Waals surface area contributed by atoms with Gasteiger partial charge in [0, 0.05) is 6.61 Å². The number of hydrogen-bond donors (Lipinski definition) is 4. The van der Waals surface area contributed by atoms with Crippen LogP contribution in [0.25, 0.3) is 0 Å². The van der Waals surface area contributed by atoms with E-state index in [-0.39, 0.29) is 12.5 Å². The molecule has 0 saturated heterocycles. The smallest absolute Gasteiger partial charge is 0.244 e. The minimum atomic E-state index is -0.874. The van der Waals surface area contributed by atoms with Gasteiger partial charge in [-0.3, -0.25) is 4.79 Å². The number of aliphatic hydroxyl groups is 3. The summed E-state index contributed by atoms with van der Waals surface area (Å²) in [6.07, 6.45) is 50.4. The molecular weight excluding hydrogens is 606 g/mol. The Morgan fingerprint density at radius 1 is 0.490 bits per heavy atom. The van der Waals surface area contributed by atoms with E-state index in [0.717, 1.165) is 32.1 Å². The largest absolute Gasteiger partial charge is 0.396 e. The lowest BCUT2D eigenvalue weighted by Crippen LogP contribution is -2.44. The molecule has 0 aliphatic carbocycles.